The highest BCUT2D eigenvalue weighted by atomic mass is 32.1. The largest absolute Gasteiger partial charge is 0.480 e. The van der Waals surface area contributed by atoms with E-state index in [1.165, 1.54) is 6.07 Å². The van der Waals surface area contributed by atoms with Crippen molar-refractivity contribution < 1.29 is 23.1 Å². The summed E-state index contributed by atoms with van der Waals surface area (Å²) >= 11 is 0.587. The molecule has 1 fully saturated rings. The van der Waals surface area contributed by atoms with Crippen molar-refractivity contribution in [2.75, 3.05) is 0 Å². The summed E-state index contributed by atoms with van der Waals surface area (Å²) < 4.78 is 37.3. The van der Waals surface area contributed by atoms with Crippen LogP contribution in [0.5, 0.6) is 0 Å². The Morgan fingerprint density at radius 1 is 1.47 bits per heavy atom. The molecule has 0 spiro atoms. The van der Waals surface area contributed by atoms with Gasteiger partial charge in [0, 0.05) is 10.3 Å². The quantitative estimate of drug-likeness (QED) is 0.880. The van der Waals surface area contributed by atoms with E-state index in [-0.39, 0.29) is 0 Å². The van der Waals surface area contributed by atoms with E-state index < -0.39 is 28.5 Å². The van der Waals surface area contributed by atoms with Gasteiger partial charge in [-0.05, 0) is 25.0 Å². The Bertz CT molecular complexity index is 451. The smallest absolute Gasteiger partial charge is 0.425 e. The number of halogens is 3. The van der Waals surface area contributed by atoms with Crippen molar-refractivity contribution in [1.82, 2.24) is 0 Å². The summed E-state index contributed by atoms with van der Waals surface area (Å²) in [5.74, 6) is -1.18. The topological polar surface area (TPSA) is 63.3 Å². The van der Waals surface area contributed by atoms with Gasteiger partial charge in [-0.25, -0.2) is 0 Å². The predicted molar refractivity (Wildman–Crippen MR) is 55.8 cm³/mol. The third-order valence-electron chi connectivity index (χ3n) is 3.03. The molecule has 3 N–H and O–H groups in total. The number of carboxylic acid groups (broad SMARTS) is 1. The molecule has 1 saturated carbocycles. The van der Waals surface area contributed by atoms with E-state index in [1.807, 2.05) is 0 Å². The second kappa shape index (κ2) is 3.71. The first-order valence-corrected chi connectivity index (χ1v) is 5.75. The van der Waals surface area contributed by atoms with Crippen LogP contribution in [0.15, 0.2) is 12.1 Å². The molecule has 0 saturated heterocycles. The van der Waals surface area contributed by atoms with Crippen LogP contribution in [0, 0.1) is 0 Å². The lowest BCUT2D eigenvalue weighted by Gasteiger charge is -2.17. The number of alkyl halides is 3. The van der Waals surface area contributed by atoms with E-state index in [0.29, 0.717) is 29.1 Å². The molecule has 0 aromatic carbocycles. The lowest BCUT2D eigenvalue weighted by atomic mass is 9.95. The zero-order valence-corrected chi connectivity index (χ0v) is 9.44. The molecule has 1 unspecified atom stereocenters. The molecule has 0 bridgehead atoms. The second-order valence-electron chi connectivity index (χ2n) is 4.13. The number of aliphatic carboxylic acids is 1. The molecule has 1 aliphatic rings. The molecule has 0 amide bonds. The van der Waals surface area contributed by atoms with E-state index in [2.05, 4.69) is 0 Å². The zero-order chi connectivity index (χ0) is 12.8. The van der Waals surface area contributed by atoms with Crippen molar-refractivity contribution in [3.63, 3.8) is 0 Å². The van der Waals surface area contributed by atoms with Crippen LogP contribution in [0.4, 0.5) is 13.2 Å². The second-order valence-corrected chi connectivity index (χ2v) is 5.22. The molecule has 17 heavy (non-hydrogen) atoms. The van der Waals surface area contributed by atoms with Gasteiger partial charge < -0.3 is 10.8 Å². The summed E-state index contributed by atoms with van der Waals surface area (Å²) in [7, 11) is 0. The van der Waals surface area contributed by atoms with E-state index in [1.54, 1.807) is 0 Å². The summed E-state index contributed by atoms with van der Waals surface area (Å²) in [6, 6.07) is 1.18. The van der Waals surface area contributed by atoms with Gasteiger partial charge >= 0.3 is 12.1 Å². The maximum absolute atomic E-state index is 12.4. The summed E-state index contributed by atoms with van der Waals surface area (Å²) in [4.78, 5) is 10.5. The molecule has 94 valence electrons. The van der Waals surface area contributed by atoms with E-state index in [9.17, 15) is 18.0 Å². The molecule has 1 aromatic rings. The Hall–Kier alpha value is -1.08. The minimum absolute atomic E-state index is 0.416. The van der Waals surface area contributed by atoms with Crippen molar-refractivity contribution in [3.8, 4) is 0 Å². The van der Waals surface area contributed by atoms with Gasteiger partial charge in [-0.2, -0.15) is 13.2 Å². The highest BCUT2D eigenvalue weighted by Crippen LogP contribution is 2.53. The van der Waals surface area contributed by atoms with E-state index >= 15 is 0 Å². The SMILES string of the molecule is NC(C(=O)O)C1(c2ccc(C(F)(F)F)s2)CC1. The van der Waals surface area contributed by atoms with Gasteiger partial charge in [-0.1, -0.05) is 0 Å². The molecule has 1 aromatic heterocycles. The average molecular weight is 265 g/mol. The van der Waals surface area contributed by atoms with Crippen LogP contribution in [0.2, 0.25) is 0 Å². The molecule has 1 heterocycles. The summed E-state index contributed by atoms with van der Waals surface area (Å²) in [5.41, 5.74) is 4.74. The lowest BCUT2D eigenvalue weighted by Crippen LogP contribution is -2.41. The van der Waals surface area contributed by atoms with Gasteiger partial charge in [-0.15, -0.1) is 11.3 Å². The molecule has 7 heteroatoms. The molecule has 0 aliphatic heterocycles. The highest BCUT2D eigenvalue weighted by Gasteiger charge is 2.54. The van der Waals surface area contributed by atoms with Gasteiger partial charge in [0.05, 0.1) is 0 Å². The van der Waals surface area contributed by atoms with Gasteiger partial charge in [-0.3, -0.25) is 4.79 Å². The predicted octanol–water partition coefficient (Wildman–Crippen LogP) is 2.21. The van der Waals surface area contributed by atoms with Crippen LogP contribution >= 0.6 is 11.3 Å². The maximum atomic E-state index is 12.4. The molecule has 1 atom stereocenters. The minimum Gasteiger partial charge on any atom is -0.480 e. The Morgan fingerprint density at radius 2 is 2.06 bits per heavy atom. The molecule has 2 rings (SSSR count). The minimum atomic E-state index is -4.38. The number of hydrogen-bond donors (Lipinski definition) is 2. The fourth-order valence-electron chi connectivity index (χ4n) is 1.84. The van der Waals surface area contributed by atoms with Crippen LogP contribution in [-0.4, -0.2) is 17.1 Å². The van der Waals surface area contributed by atoms with E-state index in [4.69, 9.17) is 10.8 Å². The van der Waals surface area contributed by atoms with E-state index in [0.717, 1.165) is 6.07 Å². The number of thiophene rings is 1. The van der Waals surface area contributed by atoms with Gasteiger partial charge in [0.2, 0.25) is 0 Å². The Kier molecular flexibility index (Phi) is 2.70. The van der Waals surface area contributed by atoms with Gasteiger partial charge in [0.1, 0.15) is 10.9 Å². The standard InChI is InChI=1S/C10H10F3NO2S/c11-10(12,13)6-2-1-5(17-6)9(3-4-9)7(14)8(15)16/h1-2,7H,3-4,14H2,(H,15,16). The van der Waals surface area contributed by atoms with Crippen LogP contribution in [0.25, 0.3) is 0 Å². The van der Waals surface area contributed by atoms with Crippen LogP contribution < -0.4 is 5.73 Å². The number of nitrogens with two attached hydrogens (primary N) is 1. The highest BCUT2D eigenvalue weighted by molar-refractivity contribution is 7.12. The molecular weight excluding hydrogens is 255 g/mol. The first-order chi connectivity index (χ1) is 7.77. The van der Waals surface area contributed by atoms with Crippen molar-refractivity contribution in [1.29, 1.82) is 0 Å². The van der Waals surface area contributed by atoms with Crippen LogP contribution in [-0.2, 0) is 16.4 Å². The van der Waals surface area contributed by atoms with Crippen molar-refractivity contribution in [2.24, 2.45) is 5.73 Å². The molecule has 1 aliphatic carbocycles. The van der Waals surface area contributed by atoms with Crippen molar-refractivity contribution in [3.05, 3.63) is 21.9 Å². The van der Waals surface area contributed by atoms with Crippen molar-refractivity contribution >= 4 is 17.3 Å². The summed E-state index contributed by atoms with van der Waals surface area (Å²) in [5, 5.41) is 8.84. The zero-order valence-electron chi connectivity index (χ0n) is 8.62. The molecule has 0 radical (unpaired) electrons. The fourth-order valence-corrected chi connectivity index (χ4v) is 3.00. The first kappa shape index (κ1) is 12.4. The van der Waals surface area contributed by atoms with Gasteiger partial charge in [0.15, 0.2) is 0 Å². The third kappa shape index (κ3) is 2.04. The lowest BCUT2D eigenvalue weighted by molar-refractivity contribution is -0.139. The summed E-state index contributed by atoms with van der Waals surface area (Å²) in [6.45, 7) is 0. The Morgan fingerprint density at radius 3 is 2.41 bits per heavy atom. The normalized spacial score (nSPS) is 20.0. The summed E-state index contributed by atoms with van der Waals surface area (Å²) in [6.07, 6.45) is -3.33. The third-order valence-corrected chi connectivity index (χ3v) is 4.38. The monoisotopic (exact) mass is 265 g/mol. The van der Waals surface area contributed by atoms with Crippen molar-refractivity contribution in [2.45, 2.75) is 30.5 Å². The fraction of sp³-hybridized carbons (Fsp3) is 0.500. The van der Waals surface area contributed by atoms with Crippen LogP contribution in [0.1, 0.15) is 22.6 Å². The number of rotatable bonds is 3. The number of carboxylic acids is 1. The molecular formula is C10H10F3NO2S. The Balaban J connectivity index is 2.30. The first-order valence-electron chi connectivity index (χ1n) is 4.93. The van der Waals surface area contributed by atoms with Gasteiger partial charge in [0.25, 0.3) is 0 Å². The number of carbonyl (C=O) groups is 1. The number of hydrogen-bond acceptors (Lipinski definition) is 3. The average Bonchev–Trinajstić information content (AvgIpc) is 2.85. The molecule has 3 nitrogen and oxygen atoms in total. The Labute approximate surface area is 99.0 Å². The van der Waals surface area contributed by atoms with Crippen LogP contribution in [0.3, 0.4) is 0 Å². The maximum Gasteiger partial charge on any atom is 0.425 e.